The number of carboxylic acids is 1. The molecule has 0 bridgehead atoms. The summed E-state index contributed by atoms with van der Waals surface area (Å²) in [5, 5.41) is 28.1. The molecule has 0 saturated heterocycles. The summed E-state index contributed by atoms with van der Waals surface area (Å²) in [4.78, 5) is 28.4. The molecule has 2 aromatic heterocycles. The monoisotopic (exact) mass is 480 g/mol. The summed E-state index contributed by atoms with van der Waals surface area (Å²) in [6.45, 7) is 0.339. The molecule has 1 atom stereocenters. The summed E-state index contributed by atoms with van der Waals surface area (Å²) < 4.78 is 1.33. The molecule has 180 valence electrons. The van der Waals surface area contributed by atoms with Crippen molar-refractivity contribution in [3.63, 3.8) is 0 Å². The maximum atomic E-state index is 13.2. The fourth-order valence-corrected chi connectivity index (χ4v) is 3.69. The number of carbonyl (C=O) groups excluding carboxylic acids is 1. The molecule has 0 aliphatic heterocycles. The van der Waals surface area contributed by atoms with Crippen LogP contribution in [0.5, 0.6) is 0 Å². The van der Waals surface area contributed by atoms with Gasteiger partial charge in [-0.2, -0.15) is 10.4 Å². The molecule has 3 N–H and O–H groups in total. The van der Waals surface area contributed by atoms with Crippen LogP contribution in [0.2, 0.25) is 0 Å². The first-order valence-electron chi connectivity index (χ1n) is 11.3. The van der Waals surface area contributed by atoms with Crippen LogP contribution in [0.4, 0.5) is 5.82 Å². The highest BCUT2D eigenvalue weighted by molar-refractivity contribution is 5.95. The van der Waals surface area contributed by atoms with Crippen LogP contribution in [-0.2, 0) is 22.6 Å². The normalized spacial score (nSPS) is 11.4. The van der Waals surface area contributed by atoms with Crippen molar-refractivity contribution in [2.24, 2.45) is 0 Å². The van der Waals surface area contributed by atoms with Gasteiger partial charge in [-0.15, -0.1) is 0 Å². The molecule has 2 aromatic carbocycles. The molecule has 0 fully saturated rings. The number of anilines is 1. The van der Waals surface area contributed by atoms with E-state index in [-0.39, 0.29) is 12.5 Å². The zero-order valence-electron chi connectivity index (χ0n) is 19.3. The third kappa shape index (κ3) is 6.40. The molecule has 0 aliphatic carbocycles. The highest BCUT2D eigenvalue weighted by Crippen LogP contribution is 2.20. The second kappa shape index (κ2) is 11.6. The lowest BCUT2D eigenvalue weighted by molar-refractivity contribution is -0.137. The number of amides is 1. The first-order valence-corrected chi connectivity index (χ1v) is 11.3. The summed E-state index contributed by atoms with van der Waals surface area (Å²) in [5.41, 5.74) is 3.99. The van der Waals surface area contributed by atoms with Gasteiger partial charge in [0.25, 0.3) is 0 Å². The van der Waals surface area contributed by atoms with Crippen molar-refractivity contribution in [2.45, 2.75) is 19.0 Å². The van der Waals surface area contributed by atoms with E-state index in [1.54, 1.807) is 42.9 Å². The summed E-state index contributed by atoms with van der Waals surface area (Å²) in [5.74, 6) is -0.814. The molecular formula is C27H24N6O3. The Labute approximate surface area is 208 Å². The number of hydrogen-bond donors (Lipinski definition) is 3. The zero-order valence-corrected chi connectivity index (χ0v) is 19.3. The van der Waals surface area contributed by atoms with Gasteiger partial charge in [0.1, 0.15) is 18.4 Å². The van der Waals surface area contributed by atoms with Gasteiger partial charge in [0.05, 0.1) is 17.8 Å². The van der Waals surface area contributed by atoms with Crippen LogP contribution in [0.15, 0.2) is 85.3 Å². The number of aromatic nitrogens is 3. The molecule has 9 nitrogen and oxygen atoms in total. The number of rotatable bonds is 10. The van der Waals surface area contributed by atoms with Gasteiger partial charge >= 0.3 is 5.97 Å². The highest BCUT2D eigenvalue weighted by Gasteiger charge is 2.20. The summed E-state index contributed by atoms with van der Waals surface area (Å²) in [7, 11) is 0. The van der Waals surface area contributed by atoms with E-state index >= 15 is 0 Å². The van der Waals surface area contributed by atoms with Crippen molar-refractivity contribution in [1.29, 1.82) is 5.26 Å². The van der Waals surface area contributed by atoms with Crippen LogP contribution in [0.1, 0.15) is 22.7 Å². The van der Waals surface area contributed by atoms with Crippen molar-refractivity contribution in [2.75, 3.05) is 11.9 Å². The Hall–Kier alpha value is -4.81. The van der Waals surface area contributed by atoms with Crippen LogP contribution in [0.3, 0.4) is 0 Å². The van der Waals surface area contributed by atoms with Crippen molar-refractivity contribution in [3.8, 4) is 17.2 Å². The molecule has 0 aliphatic rings. The van der Waals surface area contributed by atoms with E-state index in [2.05, 4.69) is 26.8 Å². The van der Waals surface area contributed by atoms with Crippen molar-refractivity contribution in [3.05, 3.63) is 102 Å². The number of aliphatic carboxylic acids is 1. The number of hydrogen-bond acceptors (Lipinski definition) is 6. The molecule has 4 aromatic rings. The molecule has 0 radical (unpaired) electrons. The number of nitrogens with one attached hydrogen (secondary N) is 2. The number of nitriles is 1. The molecule has 0 spiro atoms. The lowest BCUT2D eigenvalue weighted by Crippen LogP contribution is -2.34. The smallest absolute Gasteiger partial charge is 0.325 e. The maximum absolute atomic E-state index is 13.2. The van der Waals surface area contributed by atoms with Crippen LogP contribution in [-0.4, -0.2) is 38.3 Å². The largest absolute Gasteiger partial charge is 0.480 e. The quantitative estimate of drug-likeness (QED) is 0.317. The lowest BCUT2D eigenvalue weighted by Gasteiger charge is -2.19. The fourth-order valence-electron chi connectivity index (χ4n) is 3.69. The van der Waals surface area contributed by atoms with Crippen LogP contribution in [0.25, 0.3) is 11.1 Å². The molecule has 9 heteroatoms. The van der Waals surface area contributed by atoms with Crippen molar-refractivity contribution < 1.29 is 14.7 Å². The molecular weight excluding hydrogens is 456 g/mol. The van der Waals surface area contributed by atoms with Gasteiger partial charge in [0.15, 0.2) is 0 Å². The first-order chi connectivity index (χ1) is 17.5. The van der Waals surface area contributed by atoms with Gasteiger partial charge in [-0.3, -0.25) is 14.3 Å². The van der Waals surface area contributed by atoms with E-state index in [9.17, 15) is 9.59 Å². The van der Waals surface area contributed by atoms with E-state index in [0.717, 1.165) is 22.3 Å². The average Bonchev–Trinajstić information content (AvgIpc) is 3.35. The average molecular weight is 481 g/mol. The predicted octanol–water partition coefficient (Wildman–Crippen LogP) is 3.41. The van der Waals surface area contributed by atoms with Crippen molar-refractivity contribution in [1.82, 2.24) is 20.1 Å². The van der Waals surface area contributed by atoms with E-state index in [0.29, 0.717) is 24.3 Å². The Morgan fingerprint density at radius 3 is 2.44 bits per heavy atom. The van der Waals surface area contributed by atoms with Gasteiger partial charge in [0.2, 0.25) is 5.91 Å². The Bertz CT molecular complexity index is 1360. The van der Waals surface area contributed by atoms with Crippen LogP contribution < -0.4 is 10.6 Å². The van der Waals surface area contributed by atoms with E-state index in [1.807, 2.05) is 42.5 Å². The minimum atomic E-state index is -0.973. The number of carboxylic acid groups (broad SMARTS) is 1. The first kappa shape index (κ1) is 24.3. The van der Waals surface area contributed by atoms with Gasteiger partial charge in [-0.05, 0) is 41.8 Å². The van der Waals surface area contributed by atoms with Crippen molar-refractivity contribution >= 4 is 17.7 Å². The SMILES string of the molecule is N#Cc1ccc(CCNC(C(=O)Nc2ccc(-c3cnn(CC(=O)O)c3)cn2)c2ccccc2)cc1. The minimum Gasteiger partial charge on any atom is -0.480 e. The fraction of sp³-hybridized carbons (Fsp3) is 0.148. The summed E-state index contributed by atoms with van der Waals surface area (Å²) >= 11 is 0. The molecule has 1 amide bonds. The van der Waals surface area contributed by atoms with Gasteiger partial charge in [-0.25, -0.2) is 4.98 Å². The predicted molar refractivity (Wildman–Crippen MR) is 134 cm³/mol. The summed E-state index contributed by atoms with van der Waals surface area (Å²) in [6, 6.07) is 21.8. The molecule has 4 rings (SSSR count). The molecule has 2 heterocycles. The van der Waals surface area contributed by atoms with E-state index in [1.165, 1.54) is 4.68 Å². The Kier molecular flexibility index (Phi) is 7.80. The van der Waals surface area contributed by atoms with E-state index < -0.39 is 12.0 Å². The third-order valence-electron chi connectivity index (χ3n) is 5.52. The molecule has 36 heavy (non-hydrogen) atoms. The van der Waals surface area contributed by atoms with E-state index in [4.69, 9.17) is 10.4 Å². The second-order valence-corrected chi connectivity index (χ2v) is 8.10. The van der Waals surface area contributed by atoms with Crippen LogP contribution >= 0.6 is 0 Å². The standard InChI is InChI=1S/C27H24N6O3/c28-14-20-8-6-19(7-9-20)12-13-29-26(21-4-2-1-3-5-21)27(36)32-24-11-10-22(15-30-24)23-16-31-33(17-23)18-25(34)35/h1-11,15-17,26,29H,12-13,18H2,(H,34,35)(H,30,32,36). The number of benzene rings is 2. The zero-order chi connectivity index (χ0) is 25.3. The molecule has 0 saturated carbocycles. The Morgan fingerprint density at radius 2 is 1.78 bits per heavy atom. The number of carbonyl (C=O) groups is 2. The highest BCUT2D eigenvalue weighted by atomic mass is 16.4. The van der Waals surface area contributed by atoms with Gasteiger partial charge < -0.3 is 15.7 Å². The Morgan fingerprint density at radius 1 is 1.00 bits per heavy atom. The molecule has 1 unspecified atom stereocenters. The van der Waals surface area contributed by atoms with Gasteiger partial charge in [0, 0.05) is 30.1 Å². The maximum Gasteiger partial charge on any atom is 0.325 e. The van der Waals surface area contributed by atoms with Crippen LogP contribution in [0, 0.1) is 11.3 Å². The summed E-state index contributed by atoms with van der Waals surface area (Å²) in [6.07, 6.45) is 5.51. The number of pyridine rings is 1. The third-order valence-corrected chi connectivity index (χ3v) is 5.52. The Balaban J connectivity index is 1.41. The van der Waals surface area contributed by atoms with Gasteiger partial charge in [-0.1, -0.05) is 42.5 Å². The minimum absolute atomic E-state index is 0.222. The topological polar surface area (TPSA) is 133 Å². The second-order valence-electron chi connectivity index (χ2n) is 8.10. The number of nitrogens with zero attached hydrogens (tertiary/aromatic N) is 4. The lowest BCUT2D eigenvalue weighted by atomic mass is 10.0.